The zero-order valence-electron chi connectivity index (χ0n) is 15.5. The molecule has 0 aliphatic carbocycles. The van der Waals surface area contributed by atoms with Gasteiger partial charge in [0.2, 0.25) is 0 Å². The van der Waals surface area contributed by atoms with Crippen LogP contribution in [-0.4, -0.2) is 47.3 Å². The van der Waals surface area contributed by atoms with E-state index >= 15 is 0 Å². The predicted molar refractivity (Wildman–Crippen MR) is 103 cm³/mol. The van der Waals surface area contributed by atoms with Gasteiger partial charge in [-0.15, -0.1) is 0 Å². The molecule has 8 heteroatoms. The smallest absolute Gasteiger partial charge is 0.287 e. The lowest BCUT2D eigenvalue weighted by atomic mass is 10.1. The third-order valence-corrected chi connectivity index (χ3v) is 5.36. The van der Waals surface area contributed by atoms with Crippen LogP contribution in [0.2, 0.25) is 0 Å². The molecule has 0 saturated carbocycles. The maximum Gasteiger partial charge on any atom is 0.287 e. The van der Waals surface area contributed by atoms with Crippen molar-refractivity contribution in [1.29, 1.82) is 0 Å². The molecule has 146 valence electrons. The largest absolute Gasteiger partial charge is 0.495 e. The lowest BCUT2D eigenvalue weighted by Gasteiger charge is -2.21. The van der Waals surface area contributed by atoms with E-state index in [4.69, 9.17) is 9.15 Å². The lowest BCUT2D eigenvalue weighted by molar-refractivity contribution is 0.0919. The Balaban J connectivity index is 1.53. The molecular formula is C19H24N2O5S. The summed E-state index contributed by atoms with van der Waals surface area (Å²) in [7, 11) is -1.53. The van der Waals surface area contributed by atoms with Crippen LogP contribution >= 0.6 is 0 Å². The molecular weight excluding hydrogens is 368 g/mol. The number of rotatable bonds is 7. The number of furan rings is 1. The summed E-state index contributed by atoms with van der Waals surface area (Å²) in [6, 6.07) is 10.9. The summed E-state index contributed by atoms with van der Waals surface area (Å²) in [5, 5.41) is 2.88. The van der Waals surface area contributed by atoms with Crippen LogP contribution in [0.5, 0.6) is 5.75 Å². The number of anilines is 1. The average molecular weight is 392 g/mol. The molecule has 1 aliphatic rings. The second kappa shape index (κ2) is 8.04. The van der Waals surface area contributed by atoms with E-state index < -0.39 is 9.84 Å². The van der Waals surface area contributed by atoms with Crippen LogP contribution in [0.3, 0.4) is 0 Å². The van der Waals surface area contributed by atoms with E-state index in [1.807, 2.05) is 24.3 Å². The zero-order valence-corrected chi connectivity index (χ0v) is 16.3. The SMILES string of the molecule is COc1ccccc1N1CCC(CNC(=O)c2ccc(CS(C)(=O)=O)o2)C1. The van der Waals surface area contributed by atoms with Crippen molar-refractivity contribution in [3.8, 4) is 5.75 Å². The number of nitrogens with zero attached hydrogens (tertiary/aromatic N) is 1. The number of benzene rings is 1. The van der Waals surface area contributed by atoms with E-state index in [0.29, 0.717) is 12.5 Å². The maximum absolute atomic E-state index is 12.2. The third kappa shape index (κ3) is 5.03. The number of nitrogens with one attached hydrogen (secondary N) is 1. The molecule has 1 amide bonds. The Kier molecular flexibility index (Phi) is 5.74. The third-order valence-electron chi connectivity index (χ3n) is 4.55. The van der Waals surface area contributed by atoms with Crippen molar-refractivity contribution in [1.82, 2.24) is 5.32 Å². The van der Waals surface area contributed by atoms with Gasteiger partial charge in [-0.3, -0.25) is 4.79 Å². The minimum Gasteiger partial charge on any atom is -0.495 e. The van der Waals surface area contributed by atoms with E-state index in [1.165, 1.54) is 12.1 Å². The summed E-state index contributed by atoms with van der Waals surface area (Å²) in [6.07, 6.45) is 2.10. The quantitative estimate of drug-likeness (QED) is 0.776. The van der Waals surface area contributed by atoms with Crippen molar-refractivity contribution in [2.75, 3.05) is 37.9 Å². The van der Waals surface area contributed by atoms with Crippen LogP contribution in [0.15, 0.2) is 40.8 Å². The number of ether oxygens (including phenoxy) is 1. The topological polar surface area (TPSA) is 88.9 Å². The van der Waals surface area contributed by atoms with Gasteiger partial charge in [-0.2, -0.15) is 0 Å². The highest BCUT2D eigenvalue weighted by Crippen LogP contribution is 2.31. The molecule has 1 N–H and O–H groups in total. The first-order valence-corrected chi connectivity index (χ1v) is 10.8. The van der Waals surface area contributed by atoms with Gasteiger partial charge in [-0.25, -0.2) is 8.42 Å². The van der Waals surface area contributed by atoms with Crippen LogP contribution < -0.4 is 15.0 Å². The second-order valence-corrected chi connectivity index (χ2v) is 8.96. The summed E-state index contributed by atoms with van der Waals surface area (Å²) in [5.74, 6) is 1.03. The molecule has 2 heterocycles. The van der Waals surface area contributed by atoms with Crippen molar-refractivity contribution in [2.24, 2.45) is 5.92 Å². The Morgan fingerprint density at radius 3 is 2.81 bits per heavy atom. The molecule has 0 spiro atoms. The highest BCUT2D eigenvalue weighted by molar-refractivity contribution is 7.89. The molecule has 27 heavy (non-hydrogen) atoms. The van der Waals surface area contributed by atoms with Crippen molar-refractivity contribution in [2.45, 2.75) is 12.2 Å². The first-order chi connectivity index (χ1) is 12.9. The molecule has 1 unspecified atom stereocenters. The number of hydrogen-bond donors (Lipinski definition) is 1. The highest BCUT2D eigenvalue weighted by atomic mass is 32.2. The zero-order chi connectivity index (χ0) is 19.4. The molecule has 1 aromatic heterocycles. The van der Waals surface area contributed by atoms with Gasteiger partial charge in [0.15, 0.2) is 15.6 Å². The van der Waals surface area contributed by atoms with E-state index in [2.05, 4.69) is 10.2 Å². The van der Waals surface area contributed by atoms with Gasteiger partial charge in [0.05, 0.1) is 12.8 Å². The molecule has 7 nitrogen and oxygen atoms in total. The fourth-order valence-electron chi connectivity index (χ4n) is 3.27. The van der Waals surface area contributed by atoms with Crippen LogP contribution in [-0.2, 0) is 15.6 Å². The summed E-state index contributed by atoms with van der Waals surface area (Å²) in [6.45, 7) is 2.27. The second-order valence-electron chi connectivity index (χ2n) is 6.82. The normalized spacial score (nSPS) is 17.1. The molecule has 1 aromatic carbocycles. The summed E-state index contributed by atoms with van der Waals surface area (Å²) in [5.41, 5.74) is 1.06. The standard InChI is InChI=1S/C19H24N2O5S/c1-25-17-6-4-3-5-16(17)21-10-9-14(12-21)11-20-19(22)18-8-7-15(26-18)13-27(2,23)24/h3-8,14H,9-13H2,1-2H3,(H,20,22). The summed E-state index contributed by atoms with van der Waals surface area (Å²) in [4.78, 5) is 14.5. The number of carbonyl (C=O) groups excluding carboxylic acids is 1. The molecule has 1 fully saturated rings. The van der Waals surface area contributed by atoms with Gasteiger partial charge in [0.1, 0.15) is 17.3 Å². The van der Waals surface area contributed by atoms with Crippen molar-refractivity contribution >= 4 is 21.4 Å². The van der Waals surface area contributed by atoms with Crippen molar-refractivity contribution < 1.29 is 22.4 Å². The fraction of sp³-hybridized carbons (Fsp3) is 0.421. The van der Waals surface area contributed by atoms with Crippen molar-refractivity contribution in [3.05, 3.63) is 47.9 Å². The molecule has 0 radical (unpaired) electrons. The first kappa shape index (κ1) is 19.3. The minimum absolute atomic E-state index is 0.133. The number of amides is 1. The molecule has 1 aliphatic heterocycles. The van der Waals surface area contributed by atoms with Gasteiger partial charge in [0, 0.05) is 25.9 Å². The predicted octanol–water partition coefficient (Wildman–Crippen LogP) is 2.09. The number of para-hydroxylation sites is 2. The number of carbonyl (C=O) groups is 1. The number of methoxy groups -OCH3 is 1. The van der Waals surface area contributed by atoms with Gasteiger partial charge < -0.3 is 19.4 Å². The first-order valence-electron chi connectivity index (χ1n) is 8.78. The molecule has 1 atom stereocenters. The molecule has 2 aromatic rings. The fourth-order valence-corrected chi connectivity index (χ4v) is 3.94. The Bertz CT molecular complexity index is 906. The van der Waals surface area contributed by atoms with E-state index in [9.17, 15) is 13.2 Å². The van der Waals surface area contributed by atoms with Crippen LogP contribution in [0, 0.1) is 5.92 Å². The average Bonchev–Trinajstić information content (AvgIpc) is 3.27. The van der Waals surface area contributed by atoms with Crippen LogP contribution in [0.1, 0.15) is 22.7 Å². The van der Waals surface area contributed by atoms with Gasteiger partial charge in [-0.1, -0.05) is 12.1 Å². The van der Waals surface area contributed by atoms with Gasteiger partial charge in [0.25, 0.3) is 5.91 Å². The minimum atomic E-state index is -3.19. The van der Waals surface area contributed by atoms with E-state index in [-0.39, 0.29) is 23.2 Å². The van der Waals surface area contributed by atoms with E-state index in [0.717, 1.165) is 37.2 Å². The van der Waals surface area contributed by atoms with E-state index in [1.54, 1.807) is 7.11 Å². The van der Waals surface area contributed by atoms with Gasteiger partial charge in [-0.05, 0) is 36.6 Å². The highest BCUT2D eigenvalue weighted by Gasteiger charge is 2.25. The Labute approximate surface area is 159 Å². The lowest BCUT2D eigenvalue weighted by Crippen LogP contribution is -2.30. The monoisotopic (exact) mass is 392 g/mol. The number of sulfone groups is 1. The number of hydrogen-bond acceptors (Lipinski definition) is 6. The Morgan fingerprint density at radius 1 is 1.30 bits per heavy atom. The van der Waals surface area contributed by atoms with Gasteiger partial charge >= 0.3 is 0 Å². The van der Waals surface area contributed by atoms with Crippen LogP contribution in [0.4, 0.5) is 5.69 Å². The molecule has 3 rings (SSSR count). The van der Waals surface area contributed by atoms with Crippen molar-refractivity contribution in [3.63, 3.8) is 0 Å². The maximum atomic E-state index is 12.2. The summed E-state index contributed by atoms with van der Waals surface area (Å²) >= 11 is 0. The summed E-state index contributed by atoms with van der Waals surface area (Å²) < 4.78 is 33.4. The molecule has 1 saturated heterocycles. The van der Waals surface area contributed by atoms with Crippen LogP contribution in [0.25, 0.3) is 0 Å². The Morgan fingerprint density at radius 2 is 2.07 bits per heavy atom. The molecule has 0 bridgehead atoms. The Hall–Kier alpha value is -2.48.